The first-order chi connectivity index (χ1) is 11.5. The lowest BCUT2D eigenvalue weighted by Crippen LogP contribution is -2.19. The van der Waals surface area contributed by atoms with Gasteiger partial charge in [-0.1, -0.05) is 27.7 Å². The topological polar surface area (TPSA) is 85.8 Å². The molecule has 0 aliphatic heterocycles. The monoisotopic (exact) mass is 328 g/mol. The predicted molar refractivity (Wildman–Crippen MR) is 91.7 cm³/mol. The molecule has 3 aromatic heterocycles. The largest absolute Gasteiger partial charge is 0.372 e. The average molecular weight is 328 g/mol. The van der Waals surface area contributed by atoms with Gasteiger partial charge in [-0.2, -0.15) is 14.7 Å². The van der Waals surface area contributed by atoms with Crippen molar-refractivity contribution in [1.82, 2.24) is 34.6 Å². The molecule has 1 unspecified atom stereocenters. The second kappa shape index (κ2) is 6.54. The second-order valence-corrected chi connectivity index (χ2v) is 6.81. The van der Waals surface area contributed by atoms with Gasteiger partial charge in [0.1, 0.15) is 18.5 Å². The van der Waals surface area contributed by atoms with Crippen molar-refractivity contribution in [3.05, 3.63) is 30.2 Å². The Labute approximate surface area is 141 Å². The fourth-order valence-electron chi connectivity index (χ4n) is 2.74. The number of anilines is 1. The summed E-state index contributed by atoms with van der Waals surface area (Å²) in [5.41, 5.74) is 2.63. The zero-order valence-corrected chi connectivity index (χ0v) is 14.8. The quantitative estimate of drug-likeness (QED) is 0.748. The van der Waals surface area contributed by atoms with E-state index in [0.717, 1.165) is 29.3 Å². The molecule has 0 fully saturated rings. The van der Waals surface area contributed by atoms with Crippen molar-refractivity contribution in [2.45, 2.75) is 46.1 Å². The van der Waals surface area contributed by atoms with E-state index in [-0.39, 0.29) is 6.04 Å². The lowest BCUT2D eigenvalue weighted by molar-refractivity contribution is 0.498. The van der Waals surface area contributed by atoms with Crippen LogP contribution in [0.15, 0.2) is 18.7 Å². The van der Waals surface area contributed by atoms with Crippen LogP contribution in [0.25, 0.3) is 5.65 Å². The van der Waals surface area contributed by atoms with E-state index in [9.17, 15) is 0 Å². The van der Waals surface area contributed by atoms with E-state index in [2.05, 4.69) is 64.5 Å². The Kier molecular flexibility index (Phi) is 4.46. The Morgan fingerprint density at radius 2 is 2.00 bits per heavy atom. The summed E-state index contributed by atoms with van der Waals surface area (Å²) in [6.45, 7) is 8.64. The van der Waals surface area contributed by atoms with E-state index in [1.54, 1.807) is 17.2 Å². The highest BCUT2D eigenvalue weighted by Crippen LogP contribution is 2.27. The van der Waals surface area contributed by atoms with Gasteiger partial charge in [0.2, 0.25) is 5.65 Å². The Morgan fingerprint density at radius 3 is 2.62 bits per heavy atom. The Balaban J connectivity index is 2.01. The molecule has 0 saturated carbocycles. The predicted octanol–water partition coefficient (Wildman–Crippen LogP) is 2.58. The number of nitrogens with zero attached hydrogens (tertiary/aromatic N) is 7. The maximum Gasteiger partial charge on any atom is 0.200 e. The number of nitrogens with one attached hydrogen (secondary N) is 1. The number of rotatable bonds is 6. The van der Waals surface area contributed by atoms with E-state index < -0.39 is 0 Å². The highest BCUT2D eigenvalue weighted by atomic mass is 15.4. The van der Waals surface area contributed by atoms with Gasteiger partial charge in [0.25, 0.3) is 0 Å². The number of aromatic nitrogens is 7. The van der Waals surface area contributed by atoms with Crippen LogP contribution in [-0.4, -0.2) is 34.6 Å². The standard InChI is InChI=1S/C16H24N8/c1-10(2)6-13(15-17-8-19-23(15)5)20-14-7-12(11(3)4)22-24-9-18-21-16(14)24/h7-11,13,20H,6H2,1-5H3. The third-order valence-corrected chi connectivity index (χ3v) is 3.97. The van der Waals surface area contributed by atoms with Crippen molar-refractivity contribution in [2.75, 3.05) is 5.32 Å². The van der Waals surface area contributed by atoms with Crippen molar-refractivity contribution in [2.24, 2.45) is 13.0 Å². The number of hydrogen-bond acceptors (Lipinski definition) is 6. The molecule has 0 aromatic carbocycles. The van der Waals surface area contributed by atoms with Crippen LogP contribution >= 0.6 is 0 Å². The maximum atomic E-state index is 4.56. The van der Waals surface area contributed by atoms with E-state index in [1.807, 2.05) is 11.7 Å². The molecule has 0 amide bonds. The highest BCUT2D eigenvalue weighted by Gasteiger charge is 2.21. The Bertz CT molecular complexity index is 816. The lowest BCUT2D eigenvalue weighted by atomic mass is 10.0. The van der Waals surface area contributed by atoms with Crippen LogP contribution in [-0.2, 0) is 7.05 Å². The minimum absolute atomic E-state index is 0.0420. The molecular formula is C16H24N8. The minimum Gasteiger partial charge on any atom is -0.372 e. The normalized spacial score (nSPS) is 13.1. The highest BCUT2D eigenvalue weighted by molar-refractivity contribution is 5.67. The van der Waals surface area contributed by atoms with Crippen molar-refractivity contribution >= 4 is 11.3 Å². The van der Waals surface area contributed by atoms with Gasteiger partial charge in [-0.15, -0.1) is 10.2 Å². The van der Waals surface area contributed by atoms with Crippen LogP contribution in [0.1, 0.15) is 57.6 Å². The van der Waals surface area contributed by atoms with Crippen LogP contribution in [0.5, 0.6) is 0 Å². The second-order valence-electron chi connectivity index (χ2n) is 6.81. The summed E-state index contributed by atoms with van der Waals surface area (Å²) in [5, 5.41) is 20.5. The van der Waals surface area contributed by atoms with E-state index >= 15 is 0 Å². The Hall–Kier alpha value is -2.51. The van der Waals surface area contributed by atoms with Crippen LogP contribution in [0.3, 0.4) is 0 Å². The lowest BCUT2D eigenvalue weighted by Gasteiger charge is -2.21. The van der Waals surface area contributed by atoms with Crippen LogP contribution in [0.2, 0.25) is 0 Å². The molecule has 8 heteroatoms. The van der Waals surface area contributed by atoms with Gasteiger partial charge >= 0.3 is 0 Å². The van der Waals surface area contributed by atoms with Crippen molar-refractivity contribution < 1.29 is 0 Å². The van der Waals surface area contributed by atoms with Gasteiger partial charge in [0, 0.05) is 7.05 Å². The summed E-state index contributed by atoms with van der Waals surface area (Å²) in [4.78, 5) is 4.42. The third-order valence-electron chi connectivity index (χ3n) is 3.97. The molecule has 3 heterocycles. The molecular weight excluding hydrogens is 304 g/mol. The molecule has 0 spiro atoms. The zero-order valence-electron chi connectivity index (χ0n) is 14.8. The fraction of sp³-hybridized carbons (Fsp3) is 0.562. The molecule has 3 aromatic rings. The minimum atomic E-state index is 0.0420. The summed E-state index contributed by atoms with van der Waals surface area (Å²) in [5.74, 6) is 1.74. The average Bonchev–Trinajstić information content (AvgIpc) is 3.14. The molecule has 0 aliphatic rings. The van der Waals surface area contributed by atoms with E-state index in [4.69, 9.17) is 0 Å². The number of hydrogen-bond donors (Lipinski definition) is 1. The summed E-state index contributed by atoms with van der Waals surface area (Å²) in [6.07, 6.45) is 4.15. The smallest absolute Gasteiger partial charge is 0.200 e. The zero-order chi connectivity index (χ0) is 17.3. The number of fused-ring (bicyclic) bond motifs is 1. The molecule has 128 valence electrons. The summed E-state index contributed by atoms with van der Waals surface area (Å²) in [7, 11) is 1.91. The molecule has 0 bridgehead atoms. The molecule has 8 nitrogen and oxygen atoms in total. The fourth-order valence-corrected chi connectivity index (χ4v) is 2.74. The van der Waals surface area contributed by atoms with Crippen LogP contribution in [0, 0.1) is 5.92 Å². The third kappa shape index (κ3) is 3.22. The van der Waals surface area contributed by atoms with Gasteiger partial charge in [-0.25, -0.2) is 4.98 Å². The molecule has 3 rings (SSSR count). The molecule has 0 radical (unpaired) electrons. The SMILES string of the molecule is CC(C)CC(Nc1cc(C(C)C)nn2cnnc12)c1ncnn1C. The van der Waals surface area contributed by atoms with E-state index in [0.29, 0.717) is 11.8 Å². The van der Waals surface area contributed by atoms with Crippen LogP contribution in [0.4, 0.5) is 5.69 Å². The first-order valence-corrected chi connectivity index (χ1v) is 8.27. The first-order valence-electron chi connectivity index (χ1n) is 8.27. The summed E-state index contributed by atoms with van der Waals surface area (Å²) in [6, 6.07) is 2.10. The first kappa shape index (κ1) is 16.4. The Morgan fingerprint density at radius 1 is 1.21 bits per heavy atom. The van der Waals surface area contributed by atoms with Crippen LogP contribution < -0.4 is 5.32 Å². The number of aryl methyl sites for hydroxylation is 1. The summed E-state index contributed by atoms with van der Waals surface area (Å²) >= 11 is 0. The molecule has 0 aliphatic carbocycles. The van der Waals surface area contributed by atoms with Gasteiger partial charge in [-0.05, 0) is 24.3 Å². The van der Waals surface area contributed by atoms with Crippen molar-refractivity contribution in [3.8, 4) is 0 Å². The van der Waals surface area contributed by atoms with Gasteiger partial charge < -0.3 is 5.32 Å². The summed E-state index contributed by atoms with van der Waals surface area (Å²) < 4.78 is 3.53. The maximum absolute atomic E-state index is 4.56. The van der Waals surface area contributed by atoms with Gasteiger partial charge in [0.15, 0.2) is 0 Å². The molecule has 0 saturated heterocycles. The van der Waals surface area contributed by atoms with Gasteiger partial charge in [0.05, 0.1) is 17.4 Å². The van der Waals surface area contributed by atoms with Crippen molar-refractivity contribution in [3.63, 3.8) is 0 Å². The molecule has 1 N–H and O–H groups in total. The molecule has 24 heavy (non-hydrogen) atoms. The van der Waals surface area contributed by atoms with Crippen molar-refractivity contribution in [1.29, 1.82) is 0 Å². The van der Waals surface area contributed by atoms with Gasteiger partial charge in [-0.3, -0.25) is 4.68 Å². The molecule has 1 atom stereocenters. The van der Waals surface area contributed by atoms with E-state index in [1.165, 1.54) is 0 Å².